The van der Waals surface area contributed by atoms with Gasteiger partial charge in [0.1, 0.15) is 29.6 Å². The van der Waals surface area contributed by atoms with Gasteiger partial charge < -0.3 is 41.2 Å². The lowest BCUT2D eigenvalue weighted by molar-refractivity contribution is -0.413. The molecular weight excluding hydrogens is 467 g/mol. The van der Waals surface area contributed by atoms with Crippen LogP contribution < -0.4 is 11.4 Å². The van der Waals surface area contributed by atoms with E-state index in [1.165, 1.54) is 42.5 Å². The Bertz CT molecular complexity index is 1290. The Morgan fingerprint density at radius 2 is 1.80 bits per heavy atom. The summed E-state index contributed by atoms with van der Waals surface area (Å²) in [7, 11) is 0. The van der Waals surface area contributed by atoms with Gasteiger partial charge in [-0.1, -0.05) is 30.3 Å². The maximum atomic E-state index is 14.4. The van der Waals surface area contributed by atoms with E-state index in [0.29, 0.717) is 5.56 Å². The van der Waals surface area contributed by atoms with E-state index in [0.717, 1.165) is 12.3 Å². The lowest BCUT2D eigenvalue weighted by Crippen LogP contribution is -2.68. The monoisotopic (exact) mass is 490 g/mol. The van der Waals surface area contributed by atoms with E-state index in [1.54, 1.807) is 0 Å². The highest BCUT2D eigenvalue weighted by Gasteiger charge is 2.70. The van der Waals surface area contributed by atoms with Crippen molar-refractivity contribution in [2.75, 3.05) is 12.3 Å². The fourth-order valence-electron chi connectivity index (χ4n) is 4.03. The van der Waals surface area contributed by atoms with Crippen molar-refractivity contribution in [3.05, 3.63) is 76.6 Å². The number of phenols is 1. The number of hydrogen-bond acceptors (Lipinski definition) is 11. The predicted molar refractivity (Wildman–Crippen MR) is 117 cm³/mol. The van der Waals surface area contributed by atoms with Crippen molar-refractivity contribution in [3.8, 4) is 16.9 Å². The van der Waals surface area contributed by atoms with Gasteiger partial charge in [0.15, 0.2) is 0 Å². The van der Waals surface area contributed by atoms with Crippen LogP contribution in [0.15, 0.2) is 59.5 Å². The van der Waals surface area contributed by atoms with Gasteiger partial charge in [0.05, 0.1) is 13.2 Å². The van der Waals surface area contributed by atoms with E-state index in [9.17, 15) is 39.9 Å². The van der Waals surface area contributed by atoms with Crippen LogP contribution in [0.25, 0.3) is 11.1 Å². The highest BCUT2D eigenvalue weighted by Crippen LogP contribution is 2.45. The molecule has 0 amide bonds. The molecule has 8 N–H and O–H groups in total. The molecule has 0 aliphatic carbocycles. The largest absolute Gasteiger partial charge is 0.508 e. The van der Waals surface area contributed by atoms with Gasteiger partial charge in [0.2, 0.25) is 5.72 Å². The average Bonchev–Trinajstić information content (AvgIpc) is 3.03. The molecule has 1 saturated heterocycles. The molecule has 2 aromatic carbocycles. The first-order chi connectivity index (χ1) is 16.5. The number of benzene rings is 2. The lowest BCUT2D eigenvalue weighted by Gasteiger charge is -2.42. The molecule has 2 heterocycles. The van der Waals surface area contributed by atoms with E-state index >= 15 is 0 Å². The number of nitrogen functional groups attached to an aromatic ring is 1. The smallest absolute Gasteiger partial charge is 0.353 e. The SMILES string of the molecule is Nc1c(-c2ccccc2F)cnc(=O)n1[C@]1(O)O[C@H](CO)[C@@H](O)[C@]1(O)N(O)Cc1ccc(O)cc1. The molecule has 3 aromatic rings. The first kappa shape index (κ1) is 24.7. The van der Waals surface area contributed by atoms with Gasteiger partial charge in [0.25, 0.3) is 0 Å². The summed E-state index contributed by atoms with van der Waals surface area (Å²) >= 11 is 0. The summed E-state index contributed by atoms with van der Waals surface area (Å²) in [5.41, 5.74) is 1.69. The predicted octanol–water partition coefficient (Wildman–Crippen LogP) is -0.728. The minimum absolute atomic E-state index is 0.0756. The summed E-state index contributed by atoms with van der Waals surface area (Å²) in [6, 6.07) is 10.7. The second-order valence-corrected chi connectivity index (χ2v) is 8.00. The Morgan fingerprint density at radius 1 is 1.14 bits per heavy atom. The Hall–Kier alpha value is -3.43. The molecule has 4 rings (SSSR count). The van der Waals surface area contributed by atoms with Crippen molar-refractivity contribution >= 4 is 5.82 Å². The summed E-state index contributed by atoms with van der Waals surface area (Å²) < 4.78 is 20.0. The first-order valence-electron chi connectivity index (χ1n) is 10.3. The number of hydrogen-bond donors (Lipinski definition) is 7. The third-order valence-corrected chi connectivity index (χ3v) is 5.88. The molecule has 0 bridgehead atoms. The minimum atomic E-state index is -3.30. The summed E-state index contributed by atoms with van der Waals surface area (Å²) in [5.74, 6) is -4.72. The molecule has 186 valence electrons. The molecule has 0 spiro atoms. The zero-order chi connectivity index (χ0) is 25.5. The molecule has 0 radical (unpaired) electrons. The van der Waals surface area contributed by atoms with E-state index in [1.807, 2.05) is 0 Å². The number of anilines is 1. The molecule has 4 atom stereocenters. The average molecular weight is 490 g/mol. The van der Waals surface area contributed by atoms with E-state index in [-0.39, 0.29) is 26.5 Å². The summed E-state index contributed by atoms with van der Waals surface area (Å²) in [6.07, 6.45) is -2.91. The fourth-order valence-corrected chi connectivity index (χ4v) is 4.03. The highest BCUT2D eigenvalue weighted by molar-refractivity contribution is 5.73. The maximum absolute atomic E-state index is 14.4. The Kier molecular flexibility index (Phi) is 6.33. The quantitative estimate of drug-likeness (QED) is 0.170. The van der Waals surface area contributed by atoms with Crippen LogP contribution in [-0.4, -0.2) is 69.9 Å². The van der Waals surface area contributed by atoms with Gasteiger partial charge in [-0.3, -0.25) is 0 Å². The number of phenolic OH excluding ortho intramolecular Hbond substituents is 1. The van der Waals surface area contributed by atoms with E-state index in [4.69, 9.17) is 10.5 Å². The normalized spacial score (nSPS) is 26.4. The van der Waals surface area contributed by atoms with Crippen LogP contribution in [0.1, 0.15) is 5.56 Å². The zero-order valence-electron chi connectivity index (χ0n) is 18.1. The van der Waals surface area contributed by atoms with Crippen molar-refractivity contribution in [2.24, 2.45) is 0 Å². The number of ether oxygens (including phenoxy) is 1. The molecule has 1 aromatic heterocycles. The van der Waals surface area contributed by atoms with Crippen molar-refractivity contribution < 1.29 is 39.9 Å². The van der Waals surface area contributed by atoms with Gasteiger partial charge in [0, 0.05) is 17.3 Å². The summed E-state index contributed by atoms with van der Waals surface area (Å²) in [5, 5.41) is 63.7. The summed E-state index contributed by atoms with van der Waals surface area (Å²) in [4.78, 5) is 16.3. The first-order valence-corrected chi connectivity index (χ1v) is 10.3. The lowest BCUT2D eigenvalue weighted by atomic mass is 9.99. The zero-order valence-corrected chi connectivity index (χ0v) is 18.1. The third kappa shape index (κ3) is 3.84. The maximum Gasteiger partial charge on any atom is 0.353 e. The molecule has 35 heavy (non-hydrogen) atoms. The number of hydroxylamine groups is 2. The highest BCUT2D eigenvalue weighted by atomic mass is 19.1. The van der Waals surface area contributed by atoms with Crippen molar-refractivity contribution in [3.63, 3.8) is 0 Å². The van der Waals surface area contributed by atoms with Crippen LogP contribution in [0.4, 0.5) is 10.2 Å². The van der Waals surface area contributed by atoms with Crippen LogP contribution in [0.5, 0.6) is 5.75 Å². The number of aromatic hydroxyl groups is 1. The number of nitrogens with zero attached hydrogens (tertiary/aromatic N) is 3. The molecule has 0 unspecified atom stereocenters. The minimum Gasteiger partial charge on any atom is -0.508 e. The van der Waals surface area contributed by atoms with Crippen LogP contribution in [0, 0.1) is 5.82 Å². The van der Waals surface area contributed by atoms with Gasteiger partial charge >= 0.3 is 11.6 Å². The van der Waals surface area contributed by atoms with Crippen LogP contribution in [-0.2, 0) is 17.2 Å². The molecule has 1 fully saturated rings. The van der Waals surface area contributed by atoms with Crippen molar-refractivity contribution in [1.82, 2.24) is 14.6 Å². The van der Waals surface area contributed by atoms with E-state index in [2.05, 4.69) is 4.98 Å². The Balaban J connectivity index is 1.88. The van der Waals surface area contributed by atoms with Crippen LogP contribution >= 0.6 is 0 Å². The van der Waals surface area contributed by atoms with Crippen LogP contribution in [0.2, 0.25) is 0 Å². The Labute approximate surface area is 197 Å². The second kappa shape index (κ2) is 8.98. The van der Waals surface area contributed by atoms with Crippen molar-refractivity contribution in [1.29, 1.82) is 0 Å². The van der Waals surface area contributed by atoms with Crippen molar-refractivity contribution in [2.45, 2.75) is 30.4 Å². The number of aliphatic hydroxyl groups is 4. The summed E-state index contributed by atoms with van der Waals surface area (Å²) in [6.45, 7) is -1.49. The molecule has 1 aliphatic heterocycles. The molecule has 13 heteroatoms. The van der Waals surface area contributed by atoms with Gasteiger partial charge in [-0.25, -0.2) is 18.7 Å². The fraction of sp³-hybridized carbons (Fsp3) is 0.273. The second-order valence-electron chi connectivity index (χ2n) is 8.00. The number of halogens is 1. The van der Waals surface area contributed by atoms with Crippen LogP contribution in [0.3, 0.4) is 0 Å². The number of aromatic nitrogens is 2. The number of aliphatic hydroxyl groups excluding tert-OH is 2. The van der Waals surface area contributed by atoms with Gasteiger partial charge in [-0.15, -0.1) is 5.06 Å². The van der Waals surface area contributed by atoms with Gasteiger partial charge in [-0.2, -0.15) is 0 Å². The van der Waals surface area contributed by atoms with E-state index < -0.39 is 54.3 Å². The Morgan fingerprint density at radius 3 is 2.43 bits per heavy atom. The topological polar surface area (TPSA) is 195 Å². The third-order valence-electron chi connectivity index (χ3n) is 5.88. The van der Waals surface area contributed by atoms with Gasteiger partial charge in [-0.05, 0) is 23.8 Å². The molecule has 12 nitrogen and oxygen atoms in total. The number of rotatable bonds is 6. The molecule has 1 aliphatic rings. The number of nitrogens with two attached hydrogens (primary N) is 1. The standard InChI is InChI=1S/C22H23FN4O8/c23-16-4-2-1-3-14(16)15-9-25-20(31)27(19(15)24)22(33)21(32,18(30)17(11-28)35-22)26(34)10-12-5-7-13(29)8-6-12/h1-9,17-18,28-30,32-34H,10-11,24H2/t17-,18-,21-,22-/m1/s1. The molecular formula is C22H23FN4O8. The molecule has 0 saturated carbocycles.